The van der Waals surface area contributed by atoms with Gasteiger partial charge in [0.05, 0.1) is 6.61 Å². The average molecular weight is 286 g/mol. The first-order valence-corrected chi connectivity index (χ1v) is 7.10. The van der Waals surface area contributed by atoms with Crippen LogP contribution in [0.5, 0.6) is 0 Å². The van der Waals surface area contributed by atoms with Gasteiger partial charge in [0.15, 0.2) is 5.78 Å². The molecule has 21 heavy (non-hydrogen) atoms. The van der Waals surface area contributed by atoms with Crippen molar-refractivity contribution >= 4 is 5.78 Å². The Bertz CT molecular complexity index is 605. The lowest BCUT2D eigenvalue weighted by molar-refractivity contribution is 0.0403. The molecule has 0 heterocycles. The molecule has 0 spiro atoms. The maximum atomic E-state index is 13.5. The molecule has 0 fully saturated rings. The number of benzene rings is 2. The van der Waals surface area contributed by atoms with E-state index >= 15 is 0 Å². The number of hydrogen-bond donors (Lipinski definition) is 0. The summed E-state index contributed by atoms with van der Waals surface area (Å²) in [5.41, 5.74) is 2.26. The van der Waals surface area contributed by atoms with Gasteiger partial charge in [-0.1, -0.05) is 49.4 Å². The second-order valence-electron chi connectivity index (χ2n) is 4.96. The van der Waals surface area contributed by atoms with Crippen LogP contribution in [0.1, 0.15) is 35.3 Å². The van der Waals surface area contributed by atoms with Gasteiger partial charge in [0.1, 0.15) is 11.9 Å². The summed E-state index contributed by atoms with van der Waals surface area (Å²) in [5.74, 6) is -0.404. The molecule has 0 saturated carbocycles. The summed E-state index contributed by atoms with van der Waals surface area (Å²) in [6.45, 7) is 3.85. The van der Waals surface area contributed by atoms with Crippen molar-refractivity contribution in [2.45, 2.75) is 33.0 Å². The van der Waals surface area contributed by atoms with Crippen LogP contribution in [-0.2, 0) is 17.8 Å². The zero-order valence-corrected chi connectivity index (χ0v) is 12.3. The average Bonchev–Trinajstić information content (AvgIpc) is 2.53. The molecular weight excluding hydrogens is 267 g/mol. The Labute approximate surface area is 124 Å². The summed E-state index contributed by atoms with van der Waals surface area (Å²) in [7, 11) is 0. The molecule has 0 aliphatic heterocycles. The monoisotopic (exact) mass is 286 g/mol. The Morgan fingerprint density at radius 1 is 1.14 bits per heavy atom. The van der Waals surface area contributed by atoms with Crippen LogP contribution < -0.4 is 0 Å². The molecule has 1 unspecified atom stereocenters. The first-order valence-electron chi connectivity index (χ1n) is 7.10. The van der Waals surface area contributed by atoms with Gasteiger partial charge in [-0.2, -0.15) is 0 Å². The molecule has 3 heteroatoms. The summed E-state index contributed by atoms with van der Waals surface area (Å²) in [6.07, 6.45) is 0.338. The highest BCUT2D eigenvalue weighted by molar-refractivity contribution is 5.99. The first-order chi connectivity index (χ1) is 10.1. The minimum atomic E-state index is -0.600. The second kappa shape index (κ2) is 7.14. The highest BCUT2D eigenvalue weighted by Gasteiger charge is 2.16. The quantitative estimate of drug-likeness (QED) is 0.745. The lowest BCUT2D eigenvalue weighted by Crippen LogP contribution is -2.21. The van der Waals surface area contributed by atoms with Crippen LogP contribution in [0, 0.1) is 5.82 Å². The SMILES string of the molecule is CCc1ccc(C(=O)C(C)OCc2ccccc2F)cc1. The minimum absolute atomic E-state index is 0.0889. The number of aryl methyl sites for hydroxylation is 1. The van der Waals surface area contributed by atoms with Gasteiger partial charge in [0.25, 0.3) is 0 Å². The fraction of sp³-hybridized carbons (Fsp3) is 0.278. The minimum Gasteiger partial charge on any atom is -0.366 e. The van der Waals surface area contributed by atoms with E-state index in [4.69, 9.17) is 4.74 Å². The number of rotatable bonds is 6. The van der Waals surface area contributed by atoms with E-state index in [1.54, 1.807) is 25.1 Å². The van der Waals surface area contributed by atoms with Gasteiger partial charge in [-0.25, -0.2) is 4.39 Å². The van der Waals surface area contributed by atoms with Gasteiger partial charge >= 0.3 is 0 Å². The summed E-state index contributed by atoms with van der Waals surface area (Å²) in [6, 6.07) is 13.9. The van der Waals surface area contributed by atoms with Crippen LogP contribution in [0.25, 0.3) is 0 Å². The molecule has 0 aliphatic rings. The third-order valence-corrected chi connectivity index (χ3v) is 3.46. The van der Waals surface area contributed by atoms with Crippen LogP contribution in [0.2, 0.25) is 0 Å². The lowest BCUT2D eigenvalue weighted by Gasteiger charge is -2.13. The predicted molar refractivity (Wildman–Crippen MR) is 80.8 cm³/mol. The molecule has 0 bridgehead atoms. The van der Waals surface area contributed by atoms with E-state index in [0.717, 1.165) is 6.42 Å². The number of ketones is 1. The lowest BCUT2D eigenvalue weighted by atomic mass is 10.0. The molecule has 2 nitrogen and oxygen atoms in total. The first kappa shape index (κ1) is 15.4. The maximum absolute atomic E-state index is 13.5. The van der Waals surface area contributed by atoms with Crippen molar-refractivity contribution in [3.63, 3.8) is 0 Å². The smallest absolute Gasteiger partial charge is 0.191 e. The zero-order chi connectivity index (χ0) is 15.2. The normalized spacial score (nSPS) is 12.1. The van der Waals surface area contributed by atoms with Gasteiger partial charge in [-0.05, 0) is 25.0 Å². The Hall–Kier alpha value is -2.00. The van der Waals surface area contributed by atoms with Crippen molar-refractivity contribution < 1.29 is 13.9 Å². The van der Waals surface area contributed by atoms with E-state index in [1.165, 1.54) is 11.6 Å². The van der Waals surface area contributed by atoms with E-state index in [-0.39, 0.29) is 18.2 Å². The molecule has 0 N–H and O–H groups in total. The van der Waals surface area contributed by atoms with Crippen molar-refractivity contribution in [3.8, 4) is 0 Å². The van der Waals surface area contributed by atoms with Crippen LogP contribution in [-0.4, -0.2) is 11.9 Å². The highest BCUT2D eigenvalue weighted by Crippen LogP contribution is 2.13. The number of carbonyl (C=O) groups is 1. The third kappa shape index (κ3) is 3.99. The van der Waals surface area contributed by atoms with E-state index in [1.807, 2.05) is 24.3 Å². The molecule has 2 aromatic rings. The molecule has 110 valence electrons. The molecule has 0 saturated heterocycles. The number of carbonyl (C=O) groups excluding carboxylic acids is 1. The molecule has 0 amide bonds. The molecule has 0 aliphatic carbocycles. The van der Waals surface area contributed by atoms with Crippen molar-refractivity contribution in [2.24, 2.45) is 0 Å². The Morgan fingerprint density at radius 3 is 2.43 bits per heavy atom. The summed E-state index contributed by atoms with van der Waals surface area (Å²) in [4.78, 5) is 12.2. The van der Waals surface area contributed by atoms with Crippen molar-refractivity contribution in [3.05, 3.63) is 71.0 Å². The second-order valence-corrected chi connectivity index (χ2v) is 4.96. The van der Waals surface area contributed by atoms with Gasteiger partial charge in [-0.15, -0.1) is 0 Å². The summed E-state index contributed by atoms with van der Waals surface area (Å²) in [5, 5.41) is 0. The van der Waals surface area contributed by atoms with Crippen LogP contribution in [0.3, 0.4) is 0 Å². The summed E-state index contributed by atoms with van der Waals surface area (Å²) >= 11 is 0. The fourth-order valence-electron chi connectivity index (χ4n) is 2.05. The van der Waals surface area contributed by atoms with Crippen molar-refractivity contribution in [2.75, 3.05) is 0 Å². The number of ether oxygens (including phenoxy) is 1. The van der Waals surface area contributed by atoms with Gasteiger partial charge in [-0.3, -0.25) is 4.79 Å². The van der Waals surface area contributed by atoms with Gasteiger partial charge in [0.2, 0.25) is 0 Å². The van der Waals surface area contributed by atoms with E-state index in [9.17, 15) is 9.18 Å². The Balaban J connectivity index is 1.97. The number of Topliss-reactive ketones (excluding diaryl/α,β-unsaturated/α-hetero) is 1. The standard InChI is InChI=1S/C18H19FO2/c1-3-14-8-10-15(11-9-14)18(20)13(2)21-12-16-6-4-5-7-17(16)19/h4-11,13H,3,12H2,1-2H3. The van der Waals surface area contributed by atoms with Crippen molar-refractivity contribution in [1.29, 1.82) is 0 Å². The maximum Gasteiger partial charge on any atom is 0.191 e. The topological polar surface area (TPSA) is 26.3 Å². The van der Waals surface area contributed by atoms with Crippen LogP contribution in [0.4, 0.5) is 4.39 Å². The Kier molecular flexibility index (Phi) is 5.23. The number of halogens is 1. The highest BCUT2D eigenvalue weighted by atomic mass is 19.1. The number of hydrogen-bond acceptors (Lipinski definition) is 2. The van der Waals surface area contributed by atoms with Gasteiger partial charge in [0, 0.05) is 11.1 Å². The third-order valence-electron chi connectivity index (χ3n) is 3.46. The molecule has 0 aromatic heterocycles. The van der Waals surface area contributed by atoms with Crippen LogP contribution >= 0.6 is 0 Å². The largest absolute Gasteiger partial charge is 0.366 e. The molecule has 1 atom stereocenters. The zero-order valence-electron chi connectivity index (χ0n) is 12.3. The van der Waals surface area contributed by atoms with E-state index in [2.05, 4.69) is 6.92 Å². The molecule has 2 aromatic carbocycles. The van der Waals surface area contributed by atoms with Gasteiger partial charge < -0.3 is 4.74 Å². The molecule has 0 radical (unpaired) electrons. The van der Waals surface area contributed by atoms with E-state index in [0.29, 0.717) is 11.1 Å². The van der Waals surface area contributed by atoms with Crippen molar-refractivity contribution in [1.82, 2.24) is 0 Å². The predicted octanol–water partition coefficient (Wildman–Crippen LogP) is 4.18. The summed E-state index contributed by atoms with van der Waals surface area (Å²) < 4.78 is 19.0. The molecular formula is C18H19FO2. The van der Waals surface area contributed by atoms with Crippen LogP contribution in [0.15, 0.2) is 48.5 Å². The fourth-order valence-corrected chi connectivity index (χ4v) is 2.05. The molecule has 2 rings (SSSR count). The van der Waals surface area contributed by atoms with E-state index < -0.39 is 6.10 Å². The Morgan fingerprint density at radius 2 is 1.81 bits per heavy atom.